The summed E-state index contributed by atoms with van der Waals surface area (Å²) >= 11 is 2.86. The Morgan fingerprint density at radius 3 is 2.53 bits per heavy atom. The molecule has 2 atom stereocenters. The van der Waals surface area contributed by atoms with Crippen LogP contribution >= 0.6 is 23.1 Å². The second-order valence-electron chi connectivity index (χ2n) is 8.50. The minimum absolute atomic E-state index is 0.0121. The number of nitrogens with one attached hydrogen (secondary N) is 1. The normalized spacial score (nSPS) is 20.8. The van der Waals surface area contributed by atoms with Crippen LogP contribution in [0.15, 0.2) is 53.0 Å². The van der Waals surface area contributed by atoms with Crippen molar-refractivity contribution in [3.63, 3.8) is 0 Å². The number of benzene rings is 1. The van der Waals surface area contributed by atoms with Crippen molar-refractivity contribution in [3.8, 4) is 5.75 Å². The summed E-state index contributed by atoms with van der Waals surface area (Å²) in [5.74, 6) is -0.872. The number of carbonyl (C=O) groups is 4. The van der Waals surface area contributed by atoms with E-state index < -0.39 is 28.8 Å². The molecule has 1 aromatic heterocycles. The third-order valence-corrected chi connectivity index (χ3v) is 8.26. The molecule has 0 bridgehead atoms. The molecule has 2 aliphatic heterocycles. The van der Waals surface area contributed by atoms with Crippen LogP contribution in [0.2, 0.25) is 0 Å². The SMILES string of the molecule is COc1ccc(COC(=O)C2=C(COC(C)=O)CS[C@H]3N2C(=O)[C@@]3(C)NC(=O)Cc2cccs2)cc1. The number of amides is 2. The molecule has 2 amide bonds. The zero-order chi connectivity index (χ0) is 25.9. The first-order valence-electron chi connectivity index (χ1n) is 11.2. The zero-order valence-electron chi connectivity index (χ0n) is 20.1. The molecule has 4 rings (SSSR count). The van der Waals surface area contributed by atoms with Crippen molar-refractivity contribution in [3.05, 3.63) is 63.5 Å². The molecule has 0 radical (unpaired) electrons. The van der Waals surface area contributed by atoms with Gasteiger partial charge < -0.3 is 19.5 Å². The van der Waals surface area contributed by atoms with Gasteiger partial charge in [-0.05, 0) is 36.1 Å². The van der Waals surface area contributed by atoms with Gasteiger partial charge in [-0.1, -0.05) is 18.2 Å². The lowest BCUT2D eigenvalue weighted by atomic mass is 9.88. The summed E-state index contributed by atoms with van der Waals surface area (Å²) in [5.41, 5.74) is 0.108. The lowest BCUT2D eigenvalue weighted by Crippen LogP contribution is -2.78. The molecule has 1 aromatic carbocycles. The highest BCUT2D eigenvalue weighted by atomic mass is 32.2. The van der Waals surface area contributed by atoms with Crippen molar-refractivity contribution in [1.82, 2.24) is 10.2 Å². The van der Waals surface area contributed by atoms with Crippen LogP contribution in [0.1, 0.15) is 24.3 Å². The fourth-order valence-corrected chi connectivity index (χ4v) is 6.16. The van der Waals surface area contributed by atoms with E-state index in [9.17, 15) is 19.2 Å². The molecular weight excluding hydrogens is 504 g/mol. The second-order valence-corrected chi connectivity index (χ2v) is 10.6. The van der Waals surface area contributed by atoms with Gasteiger partial charge in [-0.2, -0.15) is 0 Å². The van der Waals surface area contributed by atoms with Crippen molar-refractivity contribution in [2.45, 2.75) is 37.8 Å². The summed E-state index contributed by atoms with van der Waals surface area (Å²) in [4.78, 5) is 52.8. The smallest absolute Gasteiger partial charge is 0.355 e. The minimum atomic E-state index is -1.17. The first kappa shape index (κ1) is 25.8. The molecule has 1 fully saturated rings. The van der Waals surface area contributed by atoms with Gasteiger partial charge in [0, 0.05) is 23.1 Å². The second kappa shape index (κ2) is 10.8. The Labute approximate surface area is 216 Å². The minimum Gasteiger partial charge on any atom is -0.497 e. The number of ether oxygens (including phenoxy) is 3. The molecule has 1 saturated heterocycles. The van der Waals surface area contributed by atoms with E-state index in [1.165, 1.54) is 34.9 Å². The molecule has 0 unspecified atom stereocenters. The lowest BCUT2D eigenvalue weighted by molar-refractivity contribution is -0.159. The van der Waals surface area contributed by atoms with Crippen LogP contribution in [-0.4, -0.2) is 59.0 Å². The van der Waals surface area contributed by atoms with Crippen molar-refractivity contribution in [2.24, 2.45) is 0 Å². The van der Waals surface area contributed by atoms with E-state index in [0.29, 0.717) is 17.1 Å². The van der Waals surface area contributed by atoms with E-state index >= 15 is 0 Å². The molecule has 0 spiro atoms. The Morgan fingerprint density at radius 1 is 1.14 bits per heavy atom. The van der Waals surface area contributed by atoms with Gasteiger partial charge in [0.25, 0.3) is 5.91 Å². The predicted octanol–water partition coefficient (Wildman–Crippen LogP) is 2.65. The summed E-state index contributed by atoms with van der Waals surface area (Å²) in [6.07, 6.45) is 0.169. The maximum absolute atomic E-state index is 13.3. The van der Waals surface area contributed by atoms with Crippen LogP contribution < -0.4 is 10.1 Å². The zero-order valence-corrected chi connectivity index (χ0v) is 21.7. The van der Waals surface area contributed by atoms with Crippen molar-refractivity contribution >= 4 is 46.9 Å². The van der Waals surface area contributed by atoms with E-state index in [1.54, 1.807) is 38.3 Å². The summed E-state index contributed by atoms with van der Waals surface area (Å²) in [7, 11) is 1.56. The number of methoxy groups -OCH3 is 1. The third kappa shape index (κ3) is 5.26. The highest BCUT2D eigenvalue weighted by molar-refractivity contribution is 8.00. The summed E-state index contributed by atoms with van der Waals surface area (Å²) in [6.45, 7) is 2.79. The summed E-state index contributed by atoms with van der Waals surface area (Å²) < 4.78 is 15.8. The molecule has 36 heavy (non-hydrogen) atoms. The highest BCUT2D eigenvalue weighted by Gasteiger charge is 2.62. The number of hydrogen-bond acceptors (Lipinski definition) is 9. The molecule has 190 valence electrons. The van der Waals surface area contributed by atoms with Crippen LogP contribution in [0.4, 0.5) is 0 Å². The first-order valence-corrected chi connectivity index (χ1v) is 13.1. The number of thiophene rings is 1. The Balaban J connectivity index is 1.51. The molecule has 3 heterocycles. The number of nitrogens with zero attached hydrogens (tertiary/aromatic N) is 1. The van der Waals surface area contributed by atoms with Crippen LogP contribution in [0.5, 0.6) is 5.75 Å². The molecule has 1 N–H and O–H groups in total. The van der Waals surface area contributed by atoms with E-state index in [4.69, 9.17) is 14.2 Å². The molecule has 0 aliphatic carbocycles. The van der Waals surface area contributed by atoms with Gasteiger partial charge >= 0.3 is 11.9 Å². The Morgan fingerprint density at radius 2 is 1.89 bits per heavy atom. The van der Waals surface area contributed by atoms with Gasteiger partial charge in [-0.25, -0.2) is 4.79 Å². The van der Waals surface area contributed by atoms with E-state index in [2.05, 4.69) is 5.32 Å². The van der Waals surface area contributed by atoms with Crippen molar-refractivity contribution in [2.75, 3.05) is 19.5 Å². The molecule has 9 nitrogen and oxygen atoms in total. The fourth-order valence-electron chi connectivity index (χ4n) is 4.03. The molecular formula is C25H26N2O7S2. The molecule has 0 saturated carbocycles. The average Bonchev–Trinajstić information content (AvgIpc) is 3.38. The number of carbonyl (C=O) groups excluding carboxylic acids is 4. The number of rotatable bonds is 9. The number of hydrogen-bond donors (Lipinski definition) is 1. The predicted molar refractivity (Wildman–Crippen MR) is 134 cm³/mol. The topological polar surface area (TPSA) is 111 Å². The number of esters is 2. The Bertz CT molecular complexity index is 1190. The van der Waals surface area contributed by atoms with Gasteiger partial charge in [0.15, 0.2) is 0 Å². The largest absolute Gasteiger partial charge is 0.497 e. The first-order chi connectivity index (χ1) is 17.2. The van der Waals surface area contributed by atoms with Crippen molar-refractivity contribution in [1.29, 1.82) is 0 Å². The van der Waals surface area contributed by atoms with E-state index in [1.807, 2.05) is 17.5 Å². The van der Waals surface area contributed by atoms with Crippen molar-refractivity contribution < 1.29 is 33.4 Å². The fraction of sp³-hybridized carbons (Fsp3) is 0.360. The summed E-state index contributed by atoms with van der Waals surface area (Å²) in [6, 6.07) is 10.8. The monoisotopic (exact) mass is 530 g/mol. The molecule has 2 aromatic rings. The highest BCUT2D eigenvalue weighted by Crippen LogP contribution is 2.46. The maximum Gasteiger partial charge on any atom is 0.355 e. The maximum atomic E-state index is 13.3. The van der Waals surface area contributed by atoms with Crippen LogP contribution in [0.25, 0.3) is 0 Å². The quantitative estimate of drug-likeness (QED) is 0.389. The molecule has 11 heteroatoms. The molecule has 2 aliphatic rings. The number of β-lactam (4-membered cyclic amide) rings is 1. The number of thioether (sulfide) groups is 1. The lowest BCUT2D eigenvalue weighted by Gasteiger charge is -2.56. The van der Waals surface area contributed by atoms with Crippen LogP contribution in [-0.2, 0) is 41.7 Å². The Hall–Kier alpha value is -3.31. The average molecular weight is 531 g/mol. The van der Waals surface area contributed by atoms with Gasteiger partial charge in [-0.15, -0.1) is 23.1 Å². The standard InChI is InChI=1S/C25H26N2O7S2/c1-15(28)33-13-17-14-36-24-25(2,26-20(29)11-19-5-4-10-35-19)23(31)27(24)21(17)22(30)34-12-16-6-8-18(32-3)9-7-16/h4-10,24H,11-14H2,1-3H3,(H,26,29)/t24-,25-/m1/s1. The van der Waals surface area contributed by atoms with Crippen LogP contribution in [0.3, 0.4) is 0 Å². The van der Waals surface area contributed by atoms with E-state index in [-0.39, 0.29) is 31.2 Å². The van der Waals surface area contributed by atoms with E-state index in [0.717, 1.165) is 10.4 Å². The van der Waals surface area contributed by atoms with Crippen LogP contribution in [0, 0.1) is 0 Å². The number of fused-ring (bicyclic) bond motifs is 1. The Kier molecular flexibility index (Phi) is 7.70. The van der Waals surface area contributed by atoms with Gasteiger partial charge in [-0.3, -0.25) is 19.3 Å². The van der Waals surface area contributed by atoms with Gasteiger partial charge in [0.2, 0.25) is 5.91 Å². The summed E-state index contributed by atoms with van der Waals surface area (Å²) in [5, 5.41) is 4.24. The van der Waals surface area contributed by atoms with Gasteiger partial charge in [0.05, 0.1) is 13.5 Å². The third-order valence-electron chi connectivity index (χ3n) is 5.87. The van der Waals surface area contributed by atoms with Gasteiger partial charge in [0.1, 0.15) is 35.6 Å².